The molecule has 1 aromatic carbocycles. The van der Waals surface area contributed by atoms with Gasteiger partial charge in [-0.1, -0.05) is 12.1 Å². The van der Waals surface area contributed by atoms with Crippen LogP contribution in [0.1, 0.15) is 5.56 Å². The van der Waals surface area contributed by atoms with Crippen LogP contribution in [0, 0.1) is 0 Å². The Hall–Kier alpha value is -1.16. The number of likely N-dealkylation sites (N-methyl/N-ethyl adjacent to an activating group) is 1. The molecule has 0 aliphatic heterocycles. The molecule has 0 heterocycles. The van der Waals surface area contributed by atoms with Gasteiger partial charge >= 0.3 is 0 Å². The van der Waals surface area contributed by atoms with Crippen molar-refractivity contribution in [3.63, 3.8) is 0 Å². The molecule has 1 rings (SSSR count). The summed E-state index contributed by atoms with van der Waals surface area (Å²) in [4.78, 5) is 17.2. The number of thioether (sulfide) groups is 1. The minimum Gasteiger partial charge on any atom is -0.484 e. The van der Waals surface area contributed by atoms with E-state index in [1.54, 1.807) is 32.9 Å². The number of ether oxygens (including phenoxy) is 1. The summed E-state index contributed by atoms with van der Waals surface area (Å²) >= 11 is 1.79. The standard InChI is InChI=1S/C16H26N4O2S.HI/c1-17-16(18-8-9-23-4)19-11-13-6-5-7-14(10-13)22-12-15(21)20(2)3;/h5-7,10H,8-9,11-12H2,1-4H3,(H2,17,18,19);1H. The van der Waals surface area contributed by atoms with E-state index >= 15 is 0 Å². The Morgan fingerprint density at radius 3 is 2.71 bits per heavy atom. The number of rotatable bonds is 8. The number of guanidine groups is 1. The van der Waals surface area contributed by atoms with E-state index in [1.807, 2.05) is 24.3 Å². The van der Waals surface area contributed by atoms with Crippen molar-refractivity contribution in [3.8, 4) is 5.75 Å². The zero-order valence-electron chi connectivity index (χ0n) is 14.7. The van der Waals surface area contributed by atoms with Crippen molar-refractivity contribution < 1.29 is 9.53 Å². The van der Waals surface area contributed by atoms with E-state index in [4.69, 9.17) is 4.74 Å². The van der Waals surface area contributed by atoms with Crippen molar-refractivity contribution in [2.45, 2.75) is 6.54 Å². The lowest BCUT2D eigenvalue weighted by Crippen LogP contribution is -2.37. The van der Waals surface area contributed by atoms with Crippen LogP contribution in [0.25, 0.3) is 0 Å². The van der Waals surface area contributed by atoms with Crippen LogP contribution in [0.2, 0.25) is 0 Å². The summed E-state index contributed by atoms with van der Waals surface area (Å²) < 4.78 is 5.51. The third kappa shape index (κ3) is 9.21. The smallest absolute Gasteiger partial charge is 0.259 e. The fraction of sp³-hybridized carbons (Fsp3) is 0.500. The van der Waals surface area contributed by atoms with E-state index in [0.717, 1.165) is 23.8 Å². The van der Waals surface area contributed by atoms with E-state index in [1.165, 1.54) is 4.90 Å². The molecule has 0 atom stereocenters. The first-order chi connectivity index (χ1) is 11.1. The van der Waals surface area contributed by atoms with Gasteiger partial charge in [0, 0.05) is 40.0 Å². The Balaban J connectivity index is 0.00000529. The van der Waals surface area contributed by atoms with E-state index in [9.17, 15) is 4.79 Å². The number of aliphatic imine (C=N–C) groups is 1. The van der Waals surface area contributed by atoms with Gasteiger partial charge in [0.1, 0.15) is 5.75 Å². The molecule has 0 spiro atoms. The number of nitrogens with zero attached hydrogens (tertiary/aromatic N) is 2. The molecule has 136 valence electrons. The van der Waals surface area contributed by atoms with Gasteiger partial charge in [-0.3, -0.25) is 9.79 Å². The van der Waals surface area contributed by atoms with Gasteiger partial charge in [0.2, 0.25) is 0 Å². The van der Waals surface area contributed by atoms with Gasteiger partial charge in [-0.05, 0) is 24.0 Å². The third-order valence-electron chi connectivity index (χ3n) is 3.04. The van der Waals surface area contributed by atoms with Gasteiger partial charge in [0.25, 0.3) is 5.91 Å². The predicted molar refractivity (Wildman–Crippen MR) is 113 cm³/mol. The van der Waals surface area contributed by atoms with Crippen LogP contribution in [-0.4, -0.2) is 63.1 Å². The van der Waals surface area contributed by atoms with Crippen LogP contribution in [0.4, 0.5) is 0 Å². The SMILES string of the molecule is CN=C(NCCSC)NCc1cccc(OCC(=O)N(C)C)c1.I. The highest BCUT2D eigenvalue weighted by molar-refractivity contribution is 14.0. The first kappa shape index (κ1) is 22.8. The second kappa shape index (κ2) is 13.2. The summed E-state index contributed by atoms with van der Waals surface area (Å²) in [5.74, 6) is 2.43. The van der Waals surface area contributed by atoms with Crippen molar-refractivity contribution in [2.24, 2.45) is 4.99 Å². The van der Waals surface area contributed by atoms with Crippen molar-refractivity contribution in [1.29, 1.82) is 0 Å². The topological polar surface area (TPSA) is 66.0 Å². The Bertz CT molecular complexity index is 527. The normalized spacial score (nSPS) is 10.6. The maximum Gasteiger partial charge on any atom is 0.259 e. The zero-order valence-corrected chi connectivity index (χ0v) is 17.8. The first-order valence-corrected chi connectivity index (χ1v) is 8.81. The molecule has 0 fully saturated rings. The highest BCUT2D eigenvalue weighted by Crippen LogP contribution is 2.13. The zero-order chi connectivity index (χ0) is 17.1. The molecule has 1 amide bonds. The summed E-state index contributed by atoms with van der Waals surface area (Å²) in [6.45, 7) is 1.55. The summed E-state index contributed by atoms with van der Waals surface area (Å²) in [6.07, 6.45) is 2.07. The van der Waals surface area contributed by atoms with Gasteiger partial charge in [-0.15, -0.1) is 24.0 Å². The molecule has 0 radical (unpaired) electrons. The third-order valence-corrected chi connectivity index (χ3v) is 3.65. The van der Waals surface area contributed by atoms with Crippen LogP contribution in [0.5, 0.6) is 5.75 Å². The Morgan fingerprint density at radius 1 is 1.33 bits per heavy atom. The highest BCUT2D eigenvalue weighted by atomic mass is 127. The second-order valence-corrected chi connectivity index (χ2v) is 6.06. The number of amides is 1. The Kier molecular flexibility index (Phi) is 12.5. The summed E-state index contributed by atoms with van der Waals surface area (Å²) in [5.41, 5.74) is 1.06. The maximum absolute atomic E-state index is 11.5. The number of carbonyl (C=O) groups is 1. The van der Waals surface area contributed by atoms with Gasteiger partial charge in [0.15, 0.2) is 12.6 Å². The average molecular weight is 466 g/mol. The summed E-state index contributed by atoms with van der Waals surface area (Å²) in [7, 11) is 5.17. The van der Waals surface area contributed by atoms with Gasteiger partial charge in [-0.2, -0.15) is 11.8 Å². The molecule has 24 heavy (non-hydrogen) atoms. The van der Waals surface area contributed by atoms with Crippen LogP contribution in [-0.2, 0) is 11.3 Å². The van der Waals surface area contributed by atoms with Gasteiger partial charge < -0.3 is 20.3 Å². The lowest BCUT2D eigenvalue weighted by Gasteiger charge is -2.13. The van der Waals surface area contributed by atoms with E-state index < -0.39 is 0 Å². The molecular formula is C16H27IN4O2S. The fourth-order valence-corrected chi connectivity index (χ4v) is 2.00. The number of carbonyl (C=O) groups excluding carboxylic acids is 1. The molecule has 0 bridgehead atoms. The van der Waals surface area contributed by atoms with Crippen molar-refractivity contribution in [2.75, 3.05) is 46.3 Å². The molecule has 2 N–H and O–H groups in total. The fourth-order valence-electron chi connectivity index (χ4n) is 1.70. The van der Waals surface area contributed by atoms with Gasteiger partial charge in [-0.25, -0.2) is 0 Å². The number of halogens is 1. The number of hydrogen-bond donors (Lipinski definition) is 2. The average Bonchev–Trinajstić information content (AvgIpc) is 2.56. The quantitative estimate of drug-likeness (QED) is 0.265. The molecule has 8 heteroatoms. The summed E-state index contributed by atoms with van der Waals surface area (Å²) in [5, 5.41) is 6.50. The number of benzene rings is 1. The van der Waals surface area contributed by atoms with Crippen LogP contribution in [0.15, 0.2) is 29.3 Å². The Labute approximate surface area is 165 Å². The molecule has 0 aliphatic rings. The lowest BCUT2D eigenvalue weighted by atomic mass is 10.2. The molecule has 1 aromatic rings. The molecule has 0 saturated heterocycles. The van der Waals surface area contributed by atoms with Crippen LogP contribution in [0.3, 0.4) is 0 Å². The molecule has 0 aromatic heterocycles. The van der Waals surface area contributed by atoms with Crippen molar-refractivity contribution in [1.82, 2.24) is 15.5 Å². The minimum absolute atomic E-state index is 0. The molecule has 0 saturated carbocycles. The van der Waals surface area contributed by atoms with Gasteiger partial charge in [0.05, 0.1) is 0 Å². The molecule has 6 nitrogen and oxygen atoms in total. The lowest BCUT2D eigenvalue weighted by molar-refractivity contribution is -0.130. The van der Waals surface area contributed by atoms with E-state index in [-0.39, 0.29) is 36.5 Å². The molecule has 0 aliphatic carbocycles. The van der Waals surface area contributed by atoms with Crippen LogP contribution < -0.4 is 15.4 Å². The van der Waals surface area contributed by atoms with Crippen LogP contribution >= 0.6 is 35.7 Å². The largest absolute Gasteiger partial charge is 0.484 e. The summed E-state index contributed by atoms with van der Waals surface area (Å²) in [6, 6.07) is 7.68. The van der Waals surface area contributed by atoms with Crippen molar-refractivity contribution >= 4 is 47.6 Å². The second-order valence-electron chi connectivity index (χ2n) is 5.07. The highest BCUT2D eigenvalue weighted by Gasteiger charge is 2.05. The van der Waals surface area contributed by atoms with E-state index in [0.29, 0.717) is 12.3 Å². The maximum atomic E-state index is 11.5. The minimum atomic E-state index is -0.0630. The molecule has 0 unspecified atom stereocenters. The number of nitrogens with one attached hydrogen (secondary N) is 2. The predicted octanol–water partition coefficient (Wildman–Crippen LogP) is 1.80. The first-order valence-electron chi connectivity index (χ1n) is 7.42. The van der Waals surface area contributed by atoms with E-state index in [2.05, 4.69) is 21.9 Å². The Morgan fingerprint density at radius 2 is 2.08 bits per heavy atom. The number of hydrogen-bond acceptors (Lipinski definition) is 4. The van der Waals surface area contributed by atoms with Crippen molar-refractivity contribution in [3.05, 3.63) is 29.8 Å². The monoisotopic (exact) mass is 466 g/mol. The molecular weight excluding hydrogens is 439 g/mol.